The molecule has 154 valence electrons. The second-order valence-electron chi connectivity index (χ2n) is 6.05. The molecule has 0 spiro atoms. The Morgan fingerprint density at radius 1 is 1.13 bits per heavy atom. The van der Waals surface area contributed by atoms with Crippen molar-refractivity contribution in [3.8, 4) is 11.5 Å². The lowest BCUT2D eigenvalue weighted by molar-refractivity contribution is -0.129. The molecule has 1 amide bonds. The number of benzene rings is 2. The highest BCUT2D eigenvalue weighted by atomic mass is 16.6. The molecule has 0 saturated carbocycles. The molecular formula is C22H20N2O6. The molecule has 0 aliphatic carbocycles. The first-order valence-corrected chi connectivity index (χ1v) is 9.17. The zero-order valence-corrected chi connectivity index (χ0v) is 16.1. The van der Waals surface area contributed by atoms with Gasteiger partial charge in [0.15, 0.2) is 17.6 Å². The summed E-state index contributed by atoms with van der Waals surface area (Å²) in [7, 11) is 0. The van der Waals surface area contributed by atoms with Crippen LogP contribution in [0.4, 0.5) is 0 Å². The Bertz CT molecular complexity index is 1020. The van der Waals surface area contributed by atoms with Gasteiger partial charge in [-0.3, -0.25) is 4.79 Å². The molecular weight excluding hydrogens is 388 g/mol. The largest absolute Gasteiger partial charge is 0.490 e. The van der Waals surface area contributed by atoms with E-state index in [2.05, 4.69) is 10.5 Å². The van der Waals surface area contributed by atoms with E-state index in [0.29, 0.717) is 23.5 Å². The minimum Gasteiger partial charge on any atom is -0.490 e. The zero-order valence-electron chi connectivity index (χ0n) is 16.1. The fraction of sp³-hybridized carbons (Fsp3) is 0.136. The number of carbonyl (C=O) groups is 2. The minimum absolute atomic E-state index is 0.0720. The van der Waals surface area contributed by atoms with Gasteiger partial charge in [-0.2, -0.15) is 5.10 Å². The minimum atomic E-state index is -1.33. The van der Waals surface area contributed by atoms with Gasteiger partial charge in [-0.05, 0) is 48.4 Å². The Balaban J connectivity index is 1.66. The van der Waals surface area contributed by atoms with Crippen molar-refractivity contribution in [1.82, 2.24) is 5.43 Å². The molecule has 0 bridgehead atoms. The number of amides is 1. The molecule has 0 aliphatic rings. The average Bonchev–Trinajstić information content (AvgIpc) is 3.31. The third-order valence-corrected chi connectivity index (χ3v) is 3.94. The van der Waals surface area contributed by atoms with Crippen LogP contribution < -0.4 is 14.9 Å². The van der Waals surface area contributed by atoms with Crippen LogP contribution in [0.2, 0.25) is 0 Å². The van der Waals surface area contributed by atoms with Gasteiger partial charge < -0.3 is 19.0 Å². The van der Waals surface area contributed by atoms with Crippen LogP contribution in [0, 0.1) is 0 Å². The molecule has 0 saturated heterocycles. The maximum absolute atomic E-state index is 12.1. The fourth-order valence-electron chi connectivity index (χ4n) is 2.52. The Morgan fingerprint density at radius 3 is 2.63 bits per heavy atom. The first kappa shape index (κ1) is 20.8. The van der Waals surface area contributed by atoms with Crippen LogP contribution in [-0.4, -0.2) is 29.8 Å². The number of nitrogens with one attached hydrogen (secondary N) is 1. The Hall–Kier alpha value is -3.91. The van der Waals surface area contributed by atoms with E-state index < -0.39 is 18.0 Å². The fourth-order valence-corrected chi connectivity index (χ4v) is 2.52. The summed E-state index contributed by atoms with van der Waals surface area (Å²) < 4.78 is 15.9. The maximum atomic E-state index is 12.1. The quantitative estimate of drug-likeness (QED) is 0.257. The number of ether oxygens (including phenoxy) is 2. The summed E-state index contributed by atoms with van der Waals surface area (Å²) in [4.78, 5) is 24.1. The number of aliphatic hydroxyl groups excluding tert-OH is 1. The Labute approximate surface area is 172 Å². The molecule has 0 fully saturated rings. The van der Waals surface area contributed by atoms with Crippen LogP contribution in [0.15, 0.2) is 76.4 Å². The summed E-state index contributed by atoms with van der Waals surface area (Å²) in [5.41, 5.74) is 3.34. The zero-order chi connectivity index (χ0) is 21.3. The predicted molar refractivity (Wildman–Crippen MR) is 108 cm³/mol. The molecule has 3 aromatic rings. The van der Waals surface area contributed by atoms with Crippen LogP contribution >= 0.6 is 0 Å². The van der Waals surface area contributed by atoms with Gasteiger partial charge >= 0.3 is 5.97 Å². The van der Waals surface area contributed by atoms with Crippen molar-refractivity contribution in [1.29, 1.82) is 0 Å². The van der Waals surface area contributed by atoms with Gasteiger partial charge in [0.1, 0.15) is 0 Å². The van der Waals surface area contributed by atoms with E-state index in [1.165, 1.54) is 18.5 Å². The molecule has 1 aromatic heterocycles. The van der Waals surface area contributed by atoms with E-state index in [-0.39, 0.29) is 11.5 Å². The topological polar surface area (TPSA) is 110 Å². The second kappa shape index (κ2) is 10.0. The maximum Gasteiger partial charge on any atom is 0.379 e. The van der Waals surface area contributed by atoms with Gasteiger partial charge in [0, 0.05) is 0 Å². The number of esters is 1. The number of hydrazone groups is 1. The molecule has 3 rings (SSSR count). The lowest BCUT2D eigenvalue weighted by Crippen LogP contribution is -2.25. The van der Waals surface area contributed by atoms with Crippen LogP contribution in [0.5, 0.6) is 11.5 Å². The van der Waals surface area contributed by atoms with E-state index in [1.54, 1.807) is 61.5 Å². The monoisotopic (exact) mass is 408 g/mol. The van der Waals surface area contributed by atoms with E-state index in [1.807, 2.05) is 0 Å². The molecule has 2 N–H and O–H groups in total. The molecule has 1 atom stereocenters. The Morgan fingerprint density at radius 2 is 1.93 bits per heavy atom. The van der Waals surface area contributed by atoms with Crippen molar-refractivity contribution in [3.05, 3.63) is 83.8 Å². The van der Waals surface area contributed by atoms with Gasteiger partial charge in [-0.15, -0.1) is 0 Å². The van der Waals surface area contributed by atoms with E-state index in [9.17, 15) is 14.7 Å². The number of hydrogen-bond acceptors (Lipinski definition) is 7. The van der Waals surface area contributed by atoms with Crippen molar-refractivity contribution in [3.63, 3.8) is 0 Å². The molecule has 0 radical (unpaired) electrons. The summed E-state index contributed by atoms with van der Waals surface area (Å²) in [5.74, 6) is -0.685. The van der Waals surface area contributed by atoms with Crippen LogP contribution in [0.1, 0.15) is 34.7 Å². The van der Waals surface area contributed by atoms with Gasteiger partial charge in [0.05, 0.1) is 19.1 Å². The average molecular weight is 408 g/mol. The highest BCUT2D eigenvalue weighted by Gasteiger charge is 2.17. The first-order valence-electron chi connectivity index (χ1n) is 9.17. The van der Waals surface area contributed by atoms with Crippen molar-refractivity contribution in [2.24, 2.45) is 5.10 Å². The number of rotatable bonds is 8. The predicted octanol–water partition coefficient (Wildman–Crippen LogP) is 3.08. The van der Waals surface area contributed by atoms with E-state index >= 15 is 0 Å². The summed E-state index contributed by atoms with van der Waals surface area (Å²) in [5, 5.41) is 13.9. The number of carbonyl (C=O) groups excluding carboxylic acids is 2. The molecule has 8 heteroatoms. The number of aliphatic hydroxyl groups is 1. The molecule has 0 aliphatic heterocycles. The van der Waals surface area contributed by atoms with Gasteiger partial charge in [0.25, 0.3) is 5.91 Å². The van der Waals surface area contributed by atoms with Crippen molar-refractivity contribution >= 4 is 18.1 Å². The third-order valence-electron chi connectivity index (χ3n) is 3.94. The van der Waals surface area contributed by atoms with Crippen LogP contribution in [-0.2, 0) is 4.79 Å². The molecule has 30 heavy (non-hydrogen) atoms. The van der Waals surface area contributed by atoms with Crippen molar-refractivity contribution in [2.45, 2.75) is 13.0 Å². The number of furan rings is 1. The van der Waals surface area contributed by atoms with Gasteiger partial charge in [0.2, 0.25) is 5.76 Å². The number of hydrogen-bond donors (Lipinski definition) is 2. The molecule has 8 nitrogen and oxygen atoms in total. The summed E-state index contributed by atoms with van der Waals surface area (Å²) in [6, 6.07) is 16.4. The standard InChI is InChI=1S/C22H20N2O6/c1-2-28-19-13-15(10-11-17(19)30-22(27)18-9-6-12-29-18)14-23-24-21(26)20(25)16-7-4-3-5-8-16/h3-14,20,25H,2H2,1H3,(H,24,26)/b23-14+. The van der Waals surface area contributed by atoms with Crippen LogP contribution in [0.25, 0.3) is 0 Å². The van der Waals surface area contributed by atoms with Crippen molar-refractivity contribution in [2.75, 3.05) is 6.61 Å². The summed E-state index contributed by atoms with van der Waals surface area (Å²) >= 11 is 0. The SMILES string of the molecule is CCOc1cc(/C=N/NC(=O)C(O)c2ccccc2)ccc1OC(=O)c1ccco1. The lowest BCUT2D eigenvalue weighted by Gasteiger charge is -2.11. The van der Waals surface area contributed by atoms with Crippen molar-refractivity contribution < 1.29 is 28.6 Å². The highest BCUT2D eigenvalue weighted by Crippen LogP contribution is 2.29. The van der Waals surface area contributed by atoms with Gasteiger partial charge in [-0.25, -0.2) is 10.2 Å². The number of nitrogens with zero attached hydrogens (tertiary/aromatic N) is 1. The third kappa shape index (κ3) is 5.33. The first-order chi connectivity index (χ1) is 14.6. The lowest BCUT2D eigenvalue weighted by atomic mass is 10.1. The smallest absolute Gasteiger partial charge is 0.379 e. The van der Waals surface area contributed by atoms with Crippen LogP contribution in [0.3, 0.4) is 0 Å². The van der Waals surface area contributed by atoms with E-state index in [0.717, 1.165) is 0 Å². The second-order valence-corrected chi connectivity index (χ2v) is 6.05. The van der Waals surface area contributed by atoms with E-state index in [4.69, 9.17) is 13.9 Å². The highest BCUT2D eigenvalue weighted by molar-refractivity contribution is 5.89. The normalized spacial score (nSPS) is 11.8. The van der Waals surface area contributed by atoms with Gasteiger partial charge in [-0.1, -0.05) is 30.3 Å². The summed E-state index contributed by atoms with van der Waals surface area (Å²) in [6.45, 7) is 2.15. The summed E-state index contributed by atoms with van der Waals surface area (Å²) in [6.07, 6.45) is 1.43. The Kier molecular flexibility index (Phi) is 6.96. The molecule has 2 aromatic carbocycles. The molecule has 1 heterocycles. The molecule has 1 unspecified atom stereocenters.